The second-order valence-electron chi connectivity index (χ2n) is 7.16. The van der Waals surface area contributed by atoms with Crippen LogP contribution >= 0.6 is 0 Å². The first-order chi connectivity index (χ1) is 15.5. The van der Waals surface area contributed by atoms with E-state index in [1.807, 2.05) is 24.3 Å². The molecule has 0 aliphatic rings. The average molecular weight is 432 g/mol. The highest BCUT2D eigenvalue weighted by atomic mass is 19.1. The van der Waals surface area contributed by atoms with Crippen molar-refractivity contribution in [1.29, 1.82) is 0 Å². The van der Waals surface area contributed by atoms with Gasteiger partial charge >= 0.3 is 0 Å². The fourth-order valence-corrected chi connectivity index (χ4v) is 3.52. The Labute approximate surface area is 183 Å². The van der Waals surface area contributed by atoms with E-state index in [9.17, 15) is 14.0 Å². The summed E-state index contributed by atoms with van der Waals surface area (Å²) < 4.78 is 19.3. The van der Waals surface area contributed by atoms with Gasteiger partial charge in [0.1, 0.15) is 17.2 Å². The molecule has 1 heterocycles. The van der Waals surface area contributed by atoms with Crippen molar-refractivity contribution in [3.05, 3.63) is 83.7 Å². The van der Waals surface area contributed by atoms with Gasteiger partial charge in [0.05, 0.1) is 12.2 Å². The van der Waals surface area contributed by atoms with E-state index in [1.165, 1.54) is 12.1 Å². The highest BCUT2D eigenvalue weighted by Gasteiger charge is 2.22. The maximum Gasteiger partial charge on any atom is 0.255 e. The lowest BCUT2D eigenvalue weighted by molar-refractivity contribution is 0.0942. The summed E-state index contributed by atoms with van der Waals surface area (Å²) in [5.41, 5.74) is 3.69. The summed E-state index contributed by atoms with van der Waals surface area (Å²) in [5.74, 6) is -0.576. The molecular formula is C25H21FN2O4. The van der Waals surface area contributed by atoms with Gasteiger partial charge in [-0.1, -0.05) is 18.2 Å². The minimum absolute atomic E-state index is 0.123. The molecule has 0 aliphatic heterocycles. The Morgan fingerprint density at radius 2 is 1.56 bits per heavy atom. The molecule has 0 unspecified atom stereocenters. The Hall–Kier alpha value is -3.97. The molecule has 4 rings (SSSR count). The first-order valence-electron chi connectivity index (χ1n) is 10.1. The summed E-state index contributed by atoms with van der Waals surface area (Å²) in [7, 11) is 1.54. The molecule has 3 N–H and O–H groups in total. The monoisotopic (exact) mass is 432 g/mol. The Morgan fingerprint density at radius 3 is 2.22 bits per heavy atom. The highest BCUT2D eigenvalue weighted by molar-refractivity contribution is 6.11. The second-order valence-corrected chi connectivity index (χ2v) is 7.16. The van der Waals surface area contributed by atoms with Crippen LogP contribution in [0, 0.1) is 5.82 Å². The van der Waals surface area contributed by atoms with Gasteiger partial charge in [-0.3, -0.25) is 9.59 Å². The summed E-state index contributed by atoms with van der Waals surface area (Å²) in [6, 6.07) is 18.3. The van der Waals surface area contributed by atoms with Gasteiger partial charge in [0, 0.05) is 30.1 Å². The fourth-order valence-electron chi connectivity index (χ4n) is 3.52. The van der Waals surface area contributed by atoms with Crippen LogP contribution in [0.2, 0.25) is 0 Å². The molecule has 1 aromatic heterocycles. The van der Waals surface area contributed by atoms with Crippen LogP contribution in [-0.4, -0.2) is 37.1 Å². The van der Waals surface area contributed by atoms with Crippen molar-refractivity contribution in [2.75, 3.05) is 20.2 Å². The van der Waals surface area contributed by atoms with Crippen LogP contribution in [0.4, 0.5) is 4.39 Å². The molecule has 0 saturated heterocycles. The first kappa shape index (κ1) is 21.3. The van der Waals surface area contributed by atoms with E-state index in [4.69, 9.17) is 9.52 Å². The zero-order valence-electron chi connectivity index (χ0n) is 17.3. The number of amides is 2. The van der Waals surface area contributed by atoms with Crippen LogP contribution in [0.1, 0.15) is 20.7 Å². The minimum Gasteiger partial charge on any atom is -0.455 e. The standard InChI is InChI=1S/C25H21FN2O4/c1-27-25(31)22-20-14-18(15-2-4-17(5-3-15)24(30)28-12-13-29)8-11-21(20)32-23(22)16-6-9-19(26)10-7-16/h2-11,14,29H,12-13H2,1H3,(H,27,31)(H,28,30). The third kappa shape index (κ3) is 4.10. The first-order valence-corrected chi connectivity index (χ1v) is 10.1. The summed E-state index contributed by atoms with van der Waals surface area (Å²) in [6.07, 6.45) is 0. The molecule has 4 aromatic rings. The maximum atomic E-state index is 13.4. The molecule has 7 heteroatoms. The van der Waals surface area contributed by atoms with E-state index in [0.717, 1.165) is 11.1 Å². The molecule has 0 radical (unpaired) electrons. The predicted octanol–water partition coefficient (Wildman–Crippen LogP) is 3.99. The number of nitrogens with one attached hydrogen (secondary N) is 2. The van der Waals surface area contributed by atoms with Crippen molar-refractivity contribution in [3.8, 4) is 22.5 Å². The topological polar surface area (TPSA) is 91.6 Å². The summed E-state index contributed by atoms with van der Waals surface area (Å²) in [6.45, 7) is 0.0680. The van der Waals surface area contributed by atoms with Gasteiger partial charge in [-0.15, -0.1) is 0 Å². The van der Waals surface area contributed by atoms with Crippen LogP contribution in [0.5, 0.6) is 0 Å². The van der Waals surface area contributed by atoms with Crippen LogP contribution in [-0.2, 0) is 0 Å². The van der Waals surface area contributed by atoms with Crippen LogP contribution in [0.25, 0.3) is 33.4 Å². The molecule has 0 aliphatic carbocycles. The molecule has 0 atom stereocenters. The minimum atomic E-state index is -0.373. The van der Waals surface area contributed by atoms with Gasteiger partial charge in [-0.2, -0.15) is 0 Å². The third-order valence-electron chi connectivity index (χ3n) is 5.13. The number of hydrogen-bond donors (Lipinski definition) is 3. The molecule has 32 heavy (non-hydrogen) atoms. The van der Waals surface area contributed by atoms with Crippen LogP contribution < -0.4 is 10.6 Å². The molecule has 0 fully saturated rings. The quantitative estimate of drug-likeness (QED) is 0.430. The number of aliphatic hydroxyl groups is 1. The van der Waals surface area contributed by atoms with Crippen molar-refractivity contribution in [2.45, 2.75) is 0 Å². The number of fused-ring (bicyclic) bond motifs is 1. The van der Waals surface area contributed by atoms with E-state index in [-0.39, 0.29) is 30.8 Å². The highest BCUT2D eigenvalue weighted by Crippen LogP contribution is 2.36. The lowest BCUT2D eigenvalue weighted by Crippen LogP contribution is -2.26. The van der Waals surface area contributed by atoms with Crippen molar-refractivity contribution in [1.82, 2.24) is 10.6 Å². The fraction of sp³-hybridized carbons (Fsp3) is 0.120. The average Bonchev–Trinajstić information content (AvgIpc) is 3.21. The third-order valence-corrected chi connectivity index (χ3v) is 5.13. The van der Waals surface area contributed by atoms with Crippen molar-refractivity contribution >= 4 is 22.8 Å². The van der Waals surface area contributed by atoms with E-state index < -0.39 is 0 Å². The summed E-state index contributed by atoms with van der Waals surface area (Å²) >= 11 is 0. The van der Waals surface area contributed by atoms with Gasteiger partial charge in [0.25, 0.3) is 11.8 Å². The smallest absolute Gasteiger partial charge is 0.255 e. The van der Waals surface area contributed by atoms with E-state index >= 15 is 0 Å². The Kier molecular flexibility index (Phi) is 6.00. The number of rotatable bonds is 6. The van der Waals surface area contributed by atoms with Gasteiger partial charge in [-0.05, 0) is 59.7 Å². The molecule has 2 amide bonds. The summed E-state index contributed by atoms with van der Waals surface area (Å²) in [4.78, 5) is 24.7. The van der Waals surface area contributed by atoms with Crippen molar-refractivity contribution in [2.24, 2.45) is 0 Å². The number of benzene rings is 3. The van der Waals surface area contributed by atoms with E-state index in [2.05, 4.69) is 10.6 Å². The number of carbonyl (C=O) groups is 2. The number of carbonyl (C=O) groups excluding carboxylic acids is 2. The maximum absolute atomic E-state index is 13.4. The van der Waals surface area contributed by atoms with Crippen molar-refractivity contribution < 1.29 is 23.5 Å². The van der Waals surface area contributed by atoms with Gasteiger partial charge in [0.2, 0.25) is 0 Å². The van der Waals surface area contributed by atoms with E-state index in [1.54, 1.807) is 37.4 Å². The molecule has 162 valence electrons. The van der Waals surface area contributed by atoms with E-state index in [0.29, 0.717) is 33.4 Å². The van der Waals surface area contributed by atoms with Gasteiger partial charge < -0.3 is 20.2 Å². The number of halogens is 1. The lowest BCUT2D eigenvalue weighted by atomic mass is 9.99. The van der Waals surface area contributed by atoms with Gasteiger partial charge in [0.15, 0.2) is 0 Å². The Balaban J connectivity index is 1.76. The molecule has 0 spiro atoms. The number of hydrogen-bond acceptors (Lipinski definition) is 4. The second kappa shape index (κ2) is 9.03. The van der Waals surface area contributed by atoms with Crippen LogP contribution in [0.15, 0.2) is 71.1 Å². The Morgan fingerprint density at radius 1 is 0.906 bits per heavy atom. The van der Waals surface area contributed by atoms with Gasteiger partial charge in [-0.25, -0.2) is 4.39 Å². The normalized spacial score (nSPS) is 10.8. The number of aliphatic hydroxyl groups excluding tert-OH is 1. The SMILES string of the molecule is CNC(=O)c1c(-c2ccc(F)cc2)oc2ccc(-c3ccc(C(=O)NCCO)cc3)cc12. The molecule has 6 nitrogen and oxygen atoms in total. The zero-order valence-corrected chi connectivity index (χ0v) is 17.3. The van der Waals surface area contributed by atoms with Crippen LogP contribution in [0.3, 0.4) is 0 Å². The lowest BCUT2D eigenvalue weighted by Gasteiger charge is -2.06. The predicted molar refractivity (Wildman–Crippen MR) is 120 cm³/mol. The van der Waals surface area contributed by atoms with Crippen molar-refractivity contribution in [3.63, 3.8) is 0 Å². The zero-order chi connectivity index (χ0) is 22.7. The molecular weight excluding hydrogens is 411 g/mol. The molecule has 0 bridgehead atoms. The molecule has 0 saturated carbocycles. The Bertz CT molecular complexity index is 1280. The largest absolute Gasteiger partial charge is 0.455 e. The number of furan rings is 1. The summed E-state index contributed by atoms with van der Waals surface area (Å²) in [5, 5.41) is 14.7. The molecule has 3 aromatic carbocycles.